The molecule has 0 N–H and O–H groups in total. The Kier molecular flexibility index (Phi) is 5.03. The molecule has 0 aliphatic heterocycles. The Morgan fingerprint density at radius 2 is 1.84 bits per heavy atom. The minimum atomic E-state index is -0.345. The van der Waals surface area contributed by atoms with Crippen LogP contribution in [0, 0.1) is 18.8 Å². The first-order valence-corrected chi connectivity index (χ1v) is 8.20. The number of ether oxygens (including phenoxy) is 1. The maximum absolute atomic E-state index is 14.6. The molecule has 0 saturated carbocycles. The zero-order valence-electron chi connectivity index (χ0n) is 14.7. The molecule has 3 aromatic carbocycles. The highest BCUT2D eigenvalue weighted by atomic mass is 19.1. The van der Waals surface area contributed by atoms with E-state index in [1.54, 1.807) is 13.2 Å². The number of aryl methyl sites for hydroxylation is 1. The molecule has 0 fully saturated rings. The first-order valence-electron chi connectivity index (χ1n) is 8.20. The van der Waals surface area contributed by atoms with E-state index in [1.165, 1.54) is 5.56 Å². The molecule has 0 aromatic heterocycles. The second kappa shape index (κ2) is 7.39. The SMILES string of the molecule is COc1ccc(-c2c(F)[c]ccc2N(C)Cc2ccccc2)cc1C. The lowest BCUT2D eigenvalue weighted by Crippen LogP contribution is -2.17. The molecule has 0 bridgehead atoms. The molecule has 127 valence electrons. The summed E-state index contributed by atoms with van der Waals surface area (Å²) in [6, 6.07) is 22.1. The third-order valence-electron chi connectivity index (χ3n) is 4.28. The third kappa shape index (κ3) is 3.66. The summed E-state index contributed by atoms with van der Waals surface area (Å²) in [6.45, 7) is 2.66. The van der Waals surface area contributed by atoms with Crippen molar-refractivity contribution in [3.05, 3.63) is 83.7 Å². The van der Waals surface area contributed by atoms with Gasteiger partial charge in [-0.2, -0.15) is 0 Å². The van der Waals surface area contributed by atoms with Crippen molar-refractivity contribution >= 4 is 5.69 Å². The van der Waals surface area contributed by atoms with E-state index in [1.807, 2.05) is 56.4 Å². The highest BCUT2D eigenvalue weighted by molar-refractivity contribution is 5.79. The summed E-state index contributed by atoms with van der Waals surface area (Å²) in [6.07, 6.45) is 0. The molecule has 0 aliphatic carbocycles. The number of anilines is 1. The molecule has 3 heteroatoms. The number of benzene rings is 3. The maximum atomic E-state index is 14.6. The molecule has 0 unspecified atom stereocenters. The zero-order chi connectivity index (χ0) is 17.8. The van der Waals surface area contributed by atoms with Gasteiger partial charge < -0.3 is 9.64 Å². The highest BCUT2D eigenvalue weighted by Gasteiger charge is 2.15. The van der Waals surface area contributed by atoms with Crippen LogP contribution in [0.3, 0.4) is 0 Å². The van der Waals surface area contributed by atoms with Crippen molar-refractivity contribution in [2.24, 2.45) is 0 Å². The largest absolute Gasteiger partial charge is 0.496 e. The molecule has 0 atom stereocenters. The number of halogens is 1. The van der Waals surface area contributed by atoms with Crippen molar-refractivity contribution < 1.29 is 9.13 Å². The van der Waals surface area contributed by atoms with Gasteiger partial charge in [-0.15, -0.1) is 0 Å². The molecular formula is C22H21FNO. The van der Waals surface area contributed by atoms with Crippen LogP contribution in [0.2, 0.25) is 0 Å². The second-order valence-corrected chi connectivity index (χ2v) is 6.08. The van der Waals surface area contributed by atoms with Gasteiger partial charge in [0.15, 0.2) is 0 Å². The Morgan fingerprint density at radius 3 is 2.52 bits per heavy atom. The lowest BCUT2D eigenvalue weighted by molar-refractivity contribution is 0.412. The second-order valence-electron chi connectivity index (χ2n) is 6.08. The van der Waals surface area contributed by atoms with Gasteiger partial charge in [0.25, 0.3) is 0 Å². The van der Waals surface area contributed by atoms with Gasteiger partial charge in [0.1, 0.15) is 11.6 Å². The van der Waals surface area contributed by atoms with Crippen molar-refractivity contribution in [1.29, 1.82) is 0 Å². The molecular weight excluding hydrogens is 313 g/mol. The summed E-state index contributed by atoms with van der Waals surface area (Å²) in [5.41, 5.74) is 4.37. The first-order chi connectivity index (χ1) is 12.1. The zero-order valence-corrected chi connectivity index (χ0v) is 14.7. The fourth-order valence-corrected chi connectivity index (χ4v) is 3.03. The van der Waals surface area contributed by atoms with Crippen LogP contribution >= 0.6 is 0 Å². The Bertz CT molecular complexity index is 861. The van der Waals surface area contributed by atoms with Gasteiger partial charge in [0.2, 0.25) is 0 Å². The normalized spacial score (nSPS) is 10.6. The topological polar surface area (TPSA) is 12.5 Å². The number of nitrogens with zero attached hydrogens (tertiary/aromatic N) is 1. The Morgan fingerprint density at radius 1 is 1.08 bits per heavy atom. The summed E-state index contributed by atoms with van der Waals surface area (Å²) >= 11 is 0. The van der Waals surface area contributed by atoms with E-state index in [-0.39, 0.29) is 5.82 Å². The van der Waals surface area contributed by atoms with E-state index in [9.17, 15) is 4.39 Å². The van der Waals surface area contributed by atoms with Crippen LogP contribution in [0.15, 0.2) is 60.7 Å². The van der Waals surface area contributed by atoms with Gasteiger partial charge in [-0.05, 0) is 47.9 Å². The van der Waals surface area contributed by atoms with Crippen LogP contribution in [-0.4, -0.2) is 14.2 Å². The molecule has 3 aromatic rings. The number of methoxy groups -OCH3 is 1. The van der Waals surface area contributed by atoms with E-state index < -0.39 is 0 Å². The van der Waals surface area contributed by atoms with Crippen LogP contribution < -0.4 is 9.64 Å². The van der Waals surface area contributed by atoms with E-state index in [2.05, 4.69) is 23.1 Å². The van der Waals surface area contributed by atoms with Gasteiger partial charge in [-0.25, -0.2) is 4.39 Å². The van der Waals surface area contributed by atoms with Crippen LogP contribution in [-0.2, 0) is 6.54 Å². The monoisotopic (exact) mass is 334 g/mol. The summed E-state index contributed by atoms with van der Waals surface area (Å²) in [7, 11) is 3.61. The lowest BCUT2D eigenvalue weighted by atomic mass is 9.99. The van der Waals surface area contributed by atoms with E-state index in [0.29, 0.717) is 12.1 Å². The molecule has 0 heterocycles. The third-order valence-corrected chi connectivity index (χ3v) is 4.28. The molecule has 0 saturated heterocycles. The predicted octanol–water partition coefficient (Wildman–Crippen LogP) is 5.25. The van der Waals surface area contributed by atoms with Gasteiger partial charge in [-0.1, -0.05) is 36.4 Å². The summed E-state index contributed by atoms with van der Waals surface area (Å²) in [4.78, 5) is 2.06. The molecule has 0 amide bonds. The van der Waals surface area contributed by atoms with Gasteiger partial charge in [0, 0.05) is 30.9 Å². The highest BCUT2D eigenvalue weighted by Crippen LogP contribution is 2.35. The number of hydrogen-bond donors (Lipinski definition) is 0. The Hall–Kier alpha value is -2.81. The quantitative estimate of drug-likeness (QED) is 0.632. The fraction of sp³-hybridized carbons (Fsp3) is 0.182. The van der Waals surface area contributed by atoms with E-state index in [0.717, 1.165) is 22.6 Å². The maximum Gasteiger partial charge on any atom is 0.141 e. The van der Waals surface area contributed by atoms with Gasteiger partial charge in [-0.3, -0.25) is 0 Å². The number of hydrogen-bond acceptors (Lipinski definition) is 2. The standard InChI is InChI=1S/C22H21FNO/c1-16-14-18(12-13-21(16)25-3)22-19(23)10-7-11-20(22)24(2)15-17-8-5-4-6-9-17/h4-9,11-14H,15H2,1-3H3. The molecule has 2 nitrogen and oxygen atoms in total. The summed E-state index contributed by atoms with van der Waals surface area (Å²) in [5, 5.41) is 0. The summed E-state index contributed by atoms with van der Waals surface area (Å²) in [5.74, 6) is 0.449. The van der Waals surface area contributed by atoms with Crippen molar-refractivity contribution in [2.45, 2.75) is 13.5 Å². The van der Waals surface area contributed by atoms with Crippen molar-refractivity contribution in [1.82, 2.24) is 0 Å². The average molecular weight is 334 g/mol. The molecule has 3 rings (SSSR count). The first kappa shape index (κ1) is 17.0. The molecule has 25 heavy (non-hydrogen) atoms. The Balaban J connectivity index is 2.01. The Labute approximate surface area is 148 Å². The lowest BCUT2D eigenvalue weighted by Gasteiger charge is -2.23. The molecule has 0 spiro atoms. The van der Waals surface area contributed by atoms with Crippen LogP contribution in [0.25, 0.3) is 11.1 Å². The molecule has 0 aliphatic rings. The smallest absolute Gasteiger partial charge is 0.141 e. The van der Waals surface area contributed by atoms with Crippen molar-refractivity contribution in [3.8, 4) is 16.9 Å². The van der Waals surface area contributed by atoms with Crippen LogP contribution in [0.4, 0.5) is 10.1 Å². The number of rotatable bonds is 5. The van der Waals surface area contributed by atoms with Crippen LogP contribution in [0.1, 0.15) is 11.1 Å². The molecule has 1 radical (unpaired) electrons. The van der Waals surface area contributed by atoms with E-state index in [4.69, 9.17) is 4.74 Å². The minimum Gasteiger partial charge on any atom is -0.496 e. The van der Waals surface area contributed by atoms with E-state index >= 15 is 0 Å². The average Bonchev–Trinajstić information content (AvgIpc) is 2.62. The fourth-order valence-electron chi connectivity index (χ4n) is 3.03. The van der Waals surface area contributed by atoms with Gasteiger partial charge in [0.05, 0.1) is 7.11 Å². The summed E-state index contributed by atoms with van der Waals surface area (Å²) < 4.78 is 19.9. The minimum absolute atomic E-state index is 0.345. The van der Waals surface area contributed by atoms with Crippen molar-refractivity contribution in [2.75, 3.05) is 19.1 Å². The van der Waals surface area contributed by atoms with Crippen LogP contribution in [0.5, 0.6) is 5.75 Å². The van der Waals surface area contributed by atoms with Crippen molar-refractivity contribution in [3.63, 3.8) is 0 Å². The van der Waals surface area contributed by atoms with Gasteiger partial charge >= 0.3 is 0 Å². The predicted molar refractivity (Wildman–Crippen MR) is 101 cm³/mol.